The first-order valence-corrected chi connectivity index (χ1v) is 9.61. The van der Waals surface area contributed by atoms with Gasteiger partial charge in [0.1, 0.15) is 6.61 Å². The molecule has 3 rings (SSSR count). The van der Waals surface area contributed by atoms with Crippen LogP contribution in [0.3, 0.4) is 0 Å². The molecular formula is C23H22N4O5. The topological polar surface area (TPSA) is 129 Å². The molecule has 3 N–H and O–H groups in total. The van der Waals surface area contributed by atoms with Gasteiger partial charge in [0.15, 0.2) is 5.75 Å². The maximum Gasteiger partial charge on any atom is 0.315 e. The molecule has 3 aromatic rings. The van der Waals surface area contributed by atoms with E-state index in [4.69, 9.17) is 15.2 Å². The number of hydrogen-bond acceptors (Lipinski definition) is 7. The predicted octanol–water partition coefficient (Wildman–Crippen LogP) is 3.84. The van der Waals surface area contributed by atoms with Crippen LogP contribution in [-0.4, -0.2) is 24.2 Å². The van der Waals surface area contributed by atoms with Crippen LogP contribution in [0.1, 0.15) is 27.0 Å². The molecule has 0 saturated carbocycles. The average molecular weight is 434 g/mol. The molecule has 0 aromatic heterocycles. The molecule has 0 unspecified atom stereocenters. The summed E-state index contributed by atoms with van der Waals surface area (Å²) in [6.07, 6.45) is 1.27. The Hall–Kier alpha value is -4.40. The van der Waals surface area contributed by atoms with E-state index in [1.54, 1.807) is 24.3 Å². The van der Waals surface area contributed by atoms with Crippen molar-refractivity contribution in [2.45, 2.75) is 13.5 Å². The number of carbonyl (C=O) groups is 1. The number of aryl methyl sites for hydroxylation is 1. The van der Waals surface area contributed by atoms with Gasteiger partial charge in [-0.05, 0) is 30.7 Å². The summed E-state index contributed by atoms with van der Waals surface area (Å²) >= 11 is 0. The molecule has 0 atom stereocenters. The smallest absolute Gasteiger partial charge is 0.315 e. The van der Waals surface area contributed by atoms with Gasteiger partial charge in [-0.2, -0.15) is 5.10 Å². The second kappa shape index (κ2) is 10.1. The lowest BCUT2D eigenvalue weighted by Crippen LogP contribution is -2.19. The van der Waals surface area contributed by atoms with Crippen LogP contribution in [-0.2, 0) is 6.61 Å². The van der Waals surface area contributed by atoms with Crippen molar-refractivity contribution in [1.29, 1.82) is 0 Å². The minimum Gasteiger partial charge on any atom is -0.493 e. The van der Waals surface area contributed by atoms with Gasteiger partial charge in [0, 0.05) is 17.3 Å². The third-order valence-electron chi connectivity index (χ3n) is 4.52. The Balaban J connectivity index is 1.81. The minimum absolute atomic E-state index is 0.0113. The number of hydrogen-bond donors (Lipinski definition) is 2. The number of nitrogens with one attached hydrogen (secondary N) is 1. The normalized spacial score (nSPS) is 10.7. The van der Waals surface area contributed by atoms with E-state index in [-0.39, 0.29) is 29.4 Å². The highest BCUT2D eigenvalue weighted by Crippen LogP contribution is 2.38. The van der Waals surface area contributed by atoms with Crippen molar-refractivity contribution >= 4 is 23.5 Å². The minimum atomic E-state index is -0.561. The second-order valence-electron chi connectivity index (χ2n) is 6.89. The predicted molar refractivity (Wildman–Crippen MR) is 121 cm³/mol. The monoisotopic (exact) mass is 434 g/mol. The molecule has 32 heavy (non-hydrogen) atoms. The molecule has 0 aliphatic heterocycles. The fraction of sp³-hybridized carbons (Fsp3) is 0.130. The molecule has 0 saturated heterocycles. The molecular weight excluding hydrogens is 412 g/mol. The van der Waals surface area contributed by atoms with E-state index in [1.807, 2.05) is 31.2 Å². The second-order valence-corrected chi connectivity index (χ2v) is 6.89. The molecule has 3 aromatic carbocycles. The molecule has 0 radical (unpaired) electrons. The van der Waals surface area contributed by atoms with E-state index in [2.05, 4.69) is 10.5 Å². The van der Waals surface area contributed by atoms with Gasteiger partial charge in [-0.15, -0.1) is 0 Å². The number of nitrogens with zero attached hydrogens (tertiary/aromatic N) is 2. The number of benzene rings is 3. The van der Waals surface area contributed by atoms with Crippen molar-refractivity contribution in [3.63, 3.8) is 0 Å². The zero-order chi connectivity index (χ0) is 23.1. The Kier molecular flexibility index (Phi) is 7.02. The van der Waals surface area contributed by atoms with E-state index in [1.165, 1.54) is 25.5 Å². The molecule has 0 spiro atoms. The molecule has 9 nitrogen and oxygen atoms in total. The van der Waals surface area contributed by atoms with Gasteiger partial charge in [0.2, 0.25) is 5.75 Å². The fourth-order valence-corrected chi connectivity index (χ4v) is 3.00. The SMILES string of the molecule is COc1cc(/C=N\NC(=O)c2ccccc2N)cc([N+](=O)[O-])c1OCc1cccc(C)c1. The standard InChI is InChI=1S/C23H22N4O5/c1-15-6-5-7-16(10-15)14-32-22-20(27(29)30)11-17(12-21(22)31-2)13-25-26-23(28)18-8-3-4-9-19(18)24/h3-13H,14,24H2,1-2H3,(H,26,28)/b25-13-. The van der Waals surface area contributed by atoms with Gasteiger partial charge in [-0.25, -0.2) is 5.43 Å². The number of methoxy groups -OCH3 is 1. The van der Waals surface area contributed by atoms with Crippen LogP contribution in [0.25, 0.3) is 0 Å². The molecule has 0 aliphatic rings. The maximum atomic E-state index is 12.2. The summed E-state index contributed by atoms with van der Waals surface area (Å²) in [6, 6.07) is 17.0. The summed E-state index contributed by atoms with van der Waals surface area (Å²) in [4.78, 5) is 23.3. The van der Waals surface area contributed by atoms with E-state index in [0.717, 1.165) is 11.1 Å². The van der Waals surface area contributed by atoms with Crippen molar-refractivity contribution < 1.29 is 19.2 Å². The van der Waals surface area contributed by atoms with Crippen LogP contribution in [0.15, 0.2) is 65.8 Å². The quantitative estimate of drug-likeness (QED) is 0.240. The number of para-hydroxylation sites is 1. The summed E-state index contributed by atoms with van der Waals surface area (Å²) in [5, 5.41) is 15.5. The number of nitrogen functional groups attached to an aromatic ring is 1. The number of amides is 1. The first-order valence-electron chi connectivity index (χ1n) is 9.61. The number of nitrogens with two attached hydrogens (primary N) is 1. The van der Waals surface area contributed by atoms with Gasteiger partial charge in [-0.1, -0.05) is 42.0 Å². The van der Waals surface area contributed by atoms with Gasteiger partial charge in [0.25, 0.3) is 5.91 Å². The number of ether oxygens (including phenoxy) is 2. The molecule has 0 bridgehead atoms. The number of carbonyl (C=O) groups excluding carboxylic acids is 1. The molecule has 0 fully saturated rings. The van der Waals surface area contributed by atoms with E-state index < -0.39 is 10.8 Å². The molecule has 164 valence electrons. The van der Waals surface area contributed by atoms with Gasteiger partial charge < -0.3 is 15.2 Å². The Morgan fingerprint density at radius 3 is 2.66 bits per heavy atom. The lowest BCUT2D eigenvalue weighted by Gasteiger charge is -2.12. The van der Waals surface area contributed by atoms with E-state index >= 15 is 0 Å². The lowest BCUT2D eigenvalue weighted by atomic mass is 10.1. The molecule has 9 heteroatoms. The molecule has 0 aliphatic carbocycles. The van der Waals surface area contributed by atoms with Gasteiger partial charge in [-0.3, -0.25) is 14.9 Å². The number of nitro groups is 1. The summed E-state index contributed by atoms with van der Waals surface area (Å²) in [5.41, 5.74) is 10.7. The Labute approximate surface area is 184 Å². The number of anilines is 1. The van der Waals surface area contributed by atoms with E-state index in [0.29, 0.717) is 11.3 Å². The zero-order valence-corrected chi connectivity index (χ0v) is 17.6. The first-order chi connectivity index (χ1) is 15.4. The summed E-state index contributed by atoms with van der Waals surface area (Å²) in [6.45, 7) is 2.09. The highest BCUT2D eigenvalue weighted by atomic mass is 16.6. The van der Waals surface area contributed by atoms with Gasteiger partial charge >= 0.3 is 5.69 Å². The average Bonchev–Trinajstić information content (AvgIpc) is 2.77. The van der Waals surface area contributed by atoms with Crippen molar-refractivity contribution in [3.05, 3.63) is 93.0 Å². The lowest BCUT2D eigenvalue weighted by molar-refractivity contribution is -0.386. The zero-order valence-electron chi connectivity index (χ0n) is 17.6. The fourth-order valence-electron chi connectivity index (χ4n) is 3.00. The maximum absolute atomic E-state index is 12.2. The van der Waals surface area contributed by atoms with Crippen LogP contribution >= 0.6 is 0 Å². The van der Waals surface area contributed by atoms with Crippen LogP contribution in [0.5, 0.6) is 11.5 Å². The Morgan fingerprint density at radius 2 is 1.97 bits per heavy atom. The Morgan fingerprint density at radius 1 is 1.19 bits per heavy atom. The van der Waals surface area contributed by atoms with Crippen LogP contribution in [0.2, 0.25) is 0 Å². The van der Waals surface area contributed by atoms with Gasteiger partial charge in [0.05, 0.1) is 23.8 Å². The number of hydrazone groups is 1. The van der Waals surface area contributed by atoms with Crippen LogP contribution in [0.4, 0.5) is 11.4 Å². The van der Waals surface area contributed by atoms with E-state index in [9.17, 15) is 14.9 Å². The number of rotatable bonds is 8. The van der Waals surface area contributed by atoms with Crippen molar-refractivity contribution in [2.24, 2.45) is 5.10 Å². The summed E-state index contributed by atoms with van der Waals surface area (Å²) in [7, 11) is 1.39. The summed E-state index contributed by atoms with van der Waals surface area (Å²) < 4.78 is 11.0. The third-order valence-corrected chi connectivity index (χ3v) is 4.52. The van der Waals surface area contributed by atoms with Crippen LogP contribution in [0, 0.1) is 17.0 Å². The number of nitro benzene ring substituents is 1. The van der Waals surface area contributed by atoms with Crippen molar-refractivity contribution in [1.82, 2.24) is 5.43 Å². The van der Waals surface area contributed by atoms with Crippen molar-refractivity contribution in [2.75, 3.05) is 12.8 Å². The largest absolute Gasteiger partial charge is 0.493 e. The van der Waals surface area contributed by atoms with Crippen LogP contribution < -0.4 is 20.6 Å². The van der Waals surface area contributed by atoms with Crippen molar-refractivity contribution in [3.8, 4) is 11.5 Å². The highest BCUT2D eigenvalue weighted by molar-refractivity contribution is 5.99. The molecule has 0 heterocycles. The Bertz CT molecular complexity index is 1180. The third kappa shape index (κ3) is 5.39. The highest BCUT2D eigenvalue weighted by Gasteiger charge is 2.22. The first kappa shape index (κ1) is 22.3. The summed E-state index contributed by atoms with van der Waals surface area (Å²) in [5.74, 6) is -0.317. The molecule has 1 amide bonds.